The van der Waals surface area contributed by atoms with Gasteiger partial charge in [0, 0.05) is 30.9 Å². The van der Waals surface area contributed by atoms with Gasteiger partial charge in [-0.1, -0.05) is 6.92 Å². The molecule has 0 bridgehead atoms. The third-order valence-corrected chi connectivity index (χ3v) is 4.05. The van der Waals surface area contributed by atoms with Gasteiger partial charge >= 0.3 is 0 Å². The fourth-order valence-corrected chi connectivity index (χ4v) is 2.89. The maximum Gasteiger partial charge on any atom is 0.234 e. The van der Waals surface area contributed by atoms with Crippen molar-refractivity contribution >= 4 is 17.7 Å². The van der Waals surface area contributed by atoms with Crippen LogP contribution in [-0.4, -0.2) is 61.6 Å². The molecule has 1 heterocycles. The second kappa shape index (κ2) is 7.14. The average Bonchev–Trinajstić information content (AvgIpc) is 2.74. The molecule has 0 spiro atoms. The molecule has 0 saturated carbocycles. The molecule has 1 aliphatic heterocycles. The molecule has 4 nitrogen and oxygen atoms in total. The smallest absolute Gasteiger partial charge is 0.234 e. The number of nitrogens with one attached hydrogen (secondary N) is 2. The van der Waals surface area contributed by atoms with Crippen molar-refractivity contribution in [2.75, 3.05) is 39.5 Å². The van der Waals surface area contributed by atoms with Crippen LogP contribution in [0.2, 0.25) is 0 Å². The van der Waals surface area contributed by atoms with E-state index in [1.807, 2.05) is 18.8 Å². The van der Waals surface area contributed by atoms with Crippen LogP contribution in [0.4, 0.5) is 0 Å². The summed E-state index contributed by atoms with van der Waals surface area (Å²) in [5, 5.41) is 6.89. The number of amides is 1. The Hall–Kier alpha value is -0.260. The van der Waals surface area contributed by atoms with Gasteiger partial charge in [0.25, 0.3) is 0 Å². The zero-order chi connectivity index (χ0) is 12.0. The van der Waals surface area contributed by atoms with E-state index in [-0.39, 0.29) is 5.91 Å². The van der Waals surface area contributed by atoms with Crippen molar-refractivity contribution in [1.82, 2.24) is 15.5 Å². The Bertz CT molecular complexity index is 225. The largest absolute Gasteiger partial charge is 0.355 e. The lowest BCUT2D eigenvalue weighted by molar-refractivity contribution is -0.122. The molecule has 0 radical (unpaired) electrons. The van der Waals surface area contributed by atoms with Crippen molar-refractivity contribution in [2.24, 2.45) is 0 Å². The molecule has 2 unspecified atom stereocenters. The van der Waals surface area contributed by atoms with Crippen LogP contribution in [0.1, 0.15) is 13.3 Å². The first-order chi connectivity index (χ1) is 7.69. The molecule has 94 valence electrons. The van der Waals surface area contributed by atoms with Crippen LogP contribution in [-0.2, 0) is 4.79 Å². The number of carbonyl (C=O) groups is 1. The van der Waals surface area contributed by atoms with Crippen molar-refractivity contribution in [1.29, 1.82) is 0 Å². The zero-order valence-corrected chi connectivity index (χ0v) is 11.3. The van der Waals surface area contributed by atoms with Crippen LogP contribution in [0.15, 0.2) is 0 Å². The Balaban J connectivity index is 2.33. The molecule has 1 rings (SSSR count). The molecule has 0 aromatic rings. The Morgan fingerprint density at radius 2 is 2.31 bits per heavy atom. The first-order valence-electron chi connectivity index (χ1n) is 5.89. The molecule has 1 saturated heterocycles. The molecule has 1 fully saturated rings. The summed E-state index contributed by atoms with van der Waals surface area (Å²) in [7, 11) is 2.03. The lowest BCUT2D eigenvalue weighted by Gasteiger charge is -2.27. The summed E-state index contributed by atoms with van der Waals surface area (Å²) in [6, 6.07) is 0.474. The Kier molecular flexibility index (Phi) is 6.16. The standard InChI is InChI=1S/C11H23N3OS/c1-4-5-13-11(15)8-14(2)9-6-12-7-10(9)16-3/h9-10,12H,4-8H2,1-3H3,(H,13,15). The van der Waals surface area contributed by atoms with Crippen LogP contribution in [0, 0.1) is 0 Å². The highest BCUT2D eigenvalue weighted by Crippen LogP contribution is 2.18. The second-order valence-electron chi connectivity index (χ2n) is 4.26. The zero-order valence-electron chi connectivity index (χ0n) is 10.5. The van der Waals surface area contributed by atoms with Gasteiger partial charge in [-0.2, -0.15) is 11.8 Å². The first-order valence-corrected chi connectivity index (χ1v) is 7.18. The second-order valence-corrected chi connectivity index (χ2v) is 5.34. The van der Waals surface area contributed by atoms with Gasteiger partial charge in [-0.3, -0.25) is 9.69 Å². The van der Waals surface area contributed by atoms with Crippen LogP contribution in [0.3, 0.4) is 0 Å². The van der Waals surface area contributed by atoms with E-state index in [1.54, 1.807) is 0 Å². The summed E-state index contributed by atoms with van der Waals surface area (Å²) in [4.78, 5) is 13.7. The van der Waals surface area contributed by atoms with Crippen molar-refractivity contribution in [2.45, 2.75) is 24.6 Å². The molecule has 1 amide bonds. The molecular weight excluding hydrogens is 222 g/mol. The van der Waals surface area contributed by atoms with Gasteiger partial charge < -0.3 is 10.6 Å². The number of thioether (sulfide) groups is 1. The quantitative estimate of drug-likeness (QED) is 0.699. The minimum Gasteiger partial charge on any atom is -0.355 e. The highest BCUT2D eigenvalue weighted by molar-refractivity contribution is 7.99. The molecular formula is C11H23N3OS. The number of likely N-dealkylation sites (N-methyl/N-ethyl adjacent to an activating group) is 1. The highest BCUT2D eigenvalue weighted by atomic mass is 32.2. The number of hydrogen-bond acceptors (Lipinski definition) is 4. The van der Waals surface area contributed by atoms with E-state index >= 15 is 0 Å². The van der Waals surface area contributed by atoms with Gasteiger partial charge in [0.1, 0.15) is 0 Å². The van der Waals surface area contributed by atoms with E-state index in [0.717, 1.165) is 26.1 Å². The van der Waals surface area contributed by atoms with Gasteiger partial charge in [-0.25, -0.2) is 0 Å². The van der Waals surface area contributed by atoms with Crippen LogP contribution in [0.25, 0.3) is 0 Å². The van der Waals surface area contributed by atoms with Gasteiger partial charge in [0.15, 0.2) is 0 Å². The molecule has 5 heteroatoms. The van der Waals surface area contributed by atoms with Crippen LogP contribution >= 0.6 is 11.8 Å². The summed E-state index contributed by atoms with van der Waals surface area (Å²) in [5.41, 5.74) is 0. The van der Waals surface area contributed by atoms with Crippen LogP contribution in [0.5, 0.6) is 0 Å². The number of hydrogen-bond donors (Lipinski definition) is 2. The maximum atomic E-state index is 11.6. The van der Waals surface area contributed by atoms with E-state index in [4.69, 9.17) is 0 Å². The normalized spacial score (nSPS) is 25.0. The number of rotatable bonds is 6. The number of carbonyl (C=O) groups excluding carboxylic acids is 1. The Labute approximate surface area is 103 Å². The Morgan fingerprint density at radius 3 is 2.94 bits per heavy atom. The fourth-order valence-electron chi connectivity index (χ4n) is 1.99. The molecule has 2 atom stereocenters. The summed E-state index contributed by atoms with van der Waals surface area (Å²) in [5.74, 6) is 0.135. The summed E-state index contributed by atoms with van der Waals surface area (Å²) in [6.45, 7) is 5.38. The topological polar surface area (TPSA) is 44.4 Å². The summed E-state index contributed by atoms with van der Waals surface area (Å²) in [6.07, 6.45) is 3.13. The predicted octanol–water partition coefficient (Wildman–Crippen LogP) is 0.148. The monoisotopic (exact) mass is 245 g/mol. The van der Waals surface area contributed by atoms with Gasteiger partial charge in [0.2, 0.25) is 5.91 Å². The molecule has 1 aliphatic rings. The van der Waals surface area contributed by atoms with E-state index in [2.05, 4.69) is 28.7 Å². The molecule has 0 aromatic heterocycles. The summed E-state index contributed by atoms with van der Waals surface area (Å²) < 4.78 is 0. The van der Waals surface area contributed by atoms with Crippen LogP contribution < -0.4 is 10.6 Å². The van der Waals surface area contributed by atoms with Gasteiger partial charge in [-0.05, 0) is 19.7 Å². The first kappa shape index (κ1) is 13.8. The number of nitrogens with zero attached hydrogens (tertiary/aromatic N) is 1. The minimum absolute atomic E-state index is 0.135. The van der Waals surface area contributed by atoms with Gasteiger partial charge in [0.05, 0.1) is 6.54 Å². The predicted molar refractivity (Wildman–Crippen MR) is 69.9 cm³/mol. The lowest BCUT2D eigenvalue weighted by Crippen LogP contribution is -2.45. The van der Waals surface area contributed by atoms with E-state index in [9.17, 15) is 4.79 Å². The van der Waals surface area contributed by atoms with E-state index < -0.39 is 0 Å². The molecule has 2 N–H and O–H groups in total. The third-order valence-electron chi connectivity index (χ3n) is 2.96. The minimum atomic E-state index is 0.135. The van der Waals surface area contributed by atoms with Crippen molar-refractivity contribution in [3.05, 3.63) is 0 Å². The third kappa shape index (κ3) is 3.96. The van der Waals surface area contributed by atoms with Crippen molar-refractivity contribution in [3.8, 4) is 0 Å². The van der Waals surface area contributed by atoms with E-state index in [0.29, 0.717) is 17.8 Å². The highest BCUT2D eigenvalue weighted by Gasteiger charge is 2.30. The average molecular weight is 245 g/mol. The fraction of sp³-hybridized carbons (Fsp3) is 0.909. The van der Waals surface area contributed by atoms with Gasteiger partial charge in [-0.15, -0.1) is 0 Å². The Morgan fingerprint density at radius 1 is 1.56 bits per heavy atom. The molecule has 16 heavy (non-hydrogen) atoms. The molecule has 0 aliphatic carbocycles. The SMILES string of the molecule is CCCNC(=O)CN(C)C1CNCC1SC. The van der Waals surface area contributed by atoms with Crippen molar-refractivity contribution < 1.29 is 4.79 Å². The lowest BCUT2D eigenvalue weighted by atomic mass is 10.2. The van der Waals surface area contributed by atoms with Crippen molar-refractivity contribution in [3.63, 3.8) is 0 Å². The van der Waals surface area contributed by atoms with E-state index in [1.165, 1.54) is 0 Å². The molecule has 0 aromatic carbocycles. The maximum absolute atomic E-state index is 11.6. The summed E-state index contributed by atoms with van der Waals surface area (Å²) >= 11 is 1.88.